The summed E-state index contributed by atoms with van der Waals surface area (Å²) in [5.41, 5.74) is 3.24. The quantitative estimate of drug-likeness (QED) is 0.541. The number of hydrogen-bond donors (Lipinski definition) is 0. The lowest BCUT2D eigenvalue weighted by Gasteiger charge is -2.32. The predicted molar refractivity (Wildman–Crippen MR) is 134 cm³/mol. The number of rotatable bonds is 7. The van der Waals surface area contributed by atoms with Gasteiger partial charge in [-0.3, -0.25) is 9.59 Å². The van der Waals surface area contributed by atoms with Crippen molar-refractivity contribution in [3.05, 3.63) is 95.6 Å². The monoisotopic (exact) mass is 457 g/mol. The first-order chi connectivity index (χ1) is 16.5. The summed E-state index contributed by atoms with van der Waals surface area (Å²) in [4.78, 5) is 32.4. The van der Waals surface area contributed by atoms with Crippen LogP contribution in [0.5, 0.6) is 5.75 Å². The molecule has 1 fully saturated rings. The van der Waals surface area contributed by atoms with Gasteiger partial charge in [0, 0.05) is 37.4 Å². The van der Waals surface area contributed by atoms with E-state index in [-0.39, 0.29) is 11.8 Å². The smallest absolute Gasteiger partial charge is 0.258 e. The summed E-state index contributed by atoms with van der Waals surface area (Å²) >= 11 is 0. The van der Waals surface area contributed by atoms with Gasteiger partial charge in [0.2, 0.25) is 5.91 Å². The van der Waals surface area contributed by atoms with E-state index < -0.39 is 0 Å². The summed E-state index contributed by atoms with van der Waals surface area (Å²) in [6.07, 6.45) is 0.323. The van der Waals surface area contributed by atoms with Gasteiger partial charge in [-0.25, -0.2) is 0 Å². The average Bonchev–Trinajstić information content (AvgIpc) is 2.88. The van der Waals surface area contributed by atoms with E-state index in [1.807, 2.05) is 71.6 Å². The number of anilines is 1. The minimum atomic E-state index is -0.120. The number of carbonyl (C=O) groups is 2. The summed E-state index contributed by atoms with van der Waals surface area (Å²) < 4.78 is 5.32. The van der Waals surface area contributed by atoms with Gasteiger partial charge in [-0.15, -0.1) is 0 Å². The maximum absolute atomic E-state index is 13.6. The molecular formula is C28H31N3O3. The van der Waals surface area contributed by atoms with Crippen LogP contribution in [0, 0.1) is 0 Å². The zero-order chi connectivity index (χ0) is 23.9. The molecule has 3 aromatic carbocycles. The van der Waals surface area contributed by atoms with Crippen LogP contribution in [-0.2, 0) is 17.8 Å². The first kappa shape index (κ1) is 23.5. The molecule has 0 unspecified atom stereocenters. The average molecular weight is 458 g/mol. The summed E-state index contributed by atoms with van der Waals surface area (Å²) in [6, 6.07) is 24.8. The molecule has 176 valence electrons. The van der Waals surface area contributed by atoms with Gasteiger partial charge < -0.3 is 19.4 Å². The normalized spacial score (nSPS) is 14.0. The van der Waals surface area contributed by atoms with E-state index in [1.54, 1.807) is 24.1 Å². The number of nitrogens with zero attached hydrogens (tertiary/aromatic N) is 3. The van der Waals surface area contributed by atoms with Crippen LogP contribution in [-0.4, -0.2) is 62.0 Å². The molecule has 6 nitrogen and oxygen atoms in total. The number of benzene rings is 3. The zero-order valence-electron chi connectivity index (χ0n) is 19.8. The van der Waals surface area contributed by atoms with Gasteiger partial charge >= 0.3 is 0 Å². The molecule has 6 heteroatoms. The van der Waals surface area contributed by atoms with Crippen molar-refractivity contribution in [2.75, 3.05) is 45.2 Å². The van der Waals surface area contributed by atoms with E-state index in [2.05, 4.69) is 11.9 Å². The molecule has 0 aliphatic carbocycles. The Hall–Kier alpha value is -3.64. The van der Waals surface area contributed by atoms with Gasteiger partial charge in [0.15, 0.2) is 0 Å². The second-order valence-corrected chi connectivity index (χ2v) is 8.64. The summed E-state index contributed by atoms with van der Waals surface area (Å²) in [5.74, 6) is 0.640. The minimum Gasteiger partial charge on any atom is -0.497 e. The lowest BCUT2D eigenvalue weighted by Crippen LogP contribution is -2.47. The Morgan fingerprint density at radius 2 is 1.56 bits per heavy atom. The molecule has 0 spiro atoms. The highest BCUT2D eigenvalue weighted by atomic mass is 16.5. The maximum atomic E-state index is 13.6. The topological polar surface area (TPSA) is 53.1 Å². The van der Waals surface area contributed by atoms with Gasteiger partial charge in [-0.05, 0) is 48.5 Å². The highest BCUT2D eigenvalue weighted by molar-refractivity contribution is 6.06. The Kier molecular flexibility index (Phi) is 7.60. The molecule has 0 saturated carbocycles. The highest BCUT2D eigenvalue weighted by Gasteiger charge is 2.22. The third kappa shape index (κ3) is 5.83. The fourth-order valence-electron chi connectivity index (χ4n) is 4.13. The lowest BCUT2D eigenvalue weighted by molar-refractivity contribution is -0.132. The fourth-order valence-corrected chi connectivity index (χ4v) is 4.13. The molecule has 0 atom stereocenters. The number of hydrogen-bond acceptors (Lipinski definition) is 4. The third-order valence-electron chi connectivity index (χ3n) is 6.18. The van der Waals surface area contributed by atoms with Crippen LogP contribution in [0.1, 0.15) is 21.5 Å². The molecular weight excluding hydrogens is 426 g/mol. The molecule has 4 rings (SSSR count). The lowest BCUT2D eigenvalue weighted by atomic mass is 10.1. The fraction of sp³-hybridized carbons (Fsp3) is 0.286. The van der Waals surface area contributed by atoms with Crippen molar-refractivity contribution < 1.29 is 14.3 Å². The van der Waals surface area contributed by atoms with Crippen LogP contribution in [0.2, 0.25) is 0 Å². The van der Waals surface area contributed by atoms with E-state index in [9.17, 15) is 9.59 Å². The Morgan fingerprint density at radius 3 is 2.29 bits per heavy atom. The number of amides is 2. The molecule has 3 aromatic rings. The molecule has 0 bridgehead atoms. The highest BCUT2D eigenvalue weighted by Crippen LogP contribution is 2.24. The first-order valence-electron chi connectivity index (χ1n) is 11.6. The zero-order valence-corrected chi connectivity index (χ0v) is 19.8. The molecule has 0 radical (unpaired) electrons. The van der Waals surface area contributed by atoms with Crippen molar-refractivity contribution in [3.63, 3.8) is 0 Å². The van der Waals surface area contributed by atoms with Gasteiger partial charge in [-0.1, -0.05) is 48.5 Å². The van der Waals surface area contributed by atoms with E-state index in [0.717, 1.165) is 43.0 Å². The molecule has 0 aromatic heterocycles. The molecule has 34 heavy (non-hydrogen) atoms. The SMILES string of the molecule is COc1cccc(C(=O)N(Cc2ccccc2)c2cccc(CC(=O)N3CCN(C)CC3)c2)c1. The molecule has 2 amide bonds. The van der Waals surface area contributed by atoms with Crippen LogP contribution >= 0.6 is 0 Å². The summed E-state index contributed by atoms with van der Waals surface area (Å²) in [5, 5.41) is 0. The Balaban J connectivity index is 1.59. The van der Waals surface area contributed by atoms with E-state index in [1.165, 1.54) is 0 Å². The standard InChI is InChI=1S/C28H31N3O3/c1-29-14-16-30(17-15-29)27(32)19-23-10-6-12-25(18-23)31(21-22-8-4-3-5-9-22)28(33)24-11-7-13-26(20-24)34-2/h3-13,18,20H,14-17,19,21H2,1-2H3. The van der Waals surface area contributed by atoms with Crippen molar-refractivity contribution in [1.29, 1.82) is 0 Å². The summed E-state index contributed by atoms with van der Waals surface area (Å²) in [6.45, 7) is 3.72. The molecule has 1 heterocycles. The third-order valence-corrected chi connectivity index (χ3v) is 6.18. The Morgan fingerprint density at radius 1 is 0.853 bits per heavy atom. The van der Waals surface area contributed by atoms with Crippen molar-refractivity contribution >= 4 is 17.5 Å². The van der Waals surface area contributed by atoms with Gasteiger partial charge in [0.1, 0.15) is 5.75 Å². The van der Waals surface area contributed by atoms with Crippen LogP contribution < -0.4 is 9.64 Å². The van der Waals surface area contributed by atoms with Crippen LogP contribution in [0.3, 0.4) is 0 Å². The van der Waals surface area contributed by atoms with Crippen molar-refractivity contribution in [1.82, 2.24) is 9.80 Å². The van der Waals surface area contributed by atoms with Gasteiger partial charge in [0.05, 0.1) is 20.1 Å². The van der Waals surface area contributed by atoms with Crippen molar-refractivity contribution in [2.45, 2.75) is 13.0 Å². The van der Waals surface area contributed by atoms with Crippen molar-refractivity contribution in [3.8, 4) is 5.75 Å². The maximum Gasteiger partial charge on any atom is 0.258 e. The molecule has 1 saturated heterocycles. The Labute approximate surface area is 201 Å². The molecule has 1 aliphatic heterocycles. The largest absolute Gasteiger partial charge is 0.497 e. The predicted octanol–water partition coefficient (Wildman–Crippen LogP) is 3.86. The van der Waals surface area contributed by atoms with E-state index in [0.29, 0.717) is 24.3 Å². The van der Waals surface area contributed by atoms with E-state index in [4.69, 9.17) is 4.74 Å². The molecule has 1 aliphatic rings. The number of ether oxygens (including phenoxy) is 1. The van der Waals surface area contributed by atoms with Gasteiger partial charge in [0.25, 0.3) is 5.91 Å². The number of likely N-dealkylation sites (N-methyl/N-ethyl adjacent to an activating group) is 1. The Bertz CT molecular complexity index is 1120. The second-order valence-electron chi connectivity index (χ2n) is 8.64. The van der Waals surface area contributed by atoms with Gasteiger partial charge in [-0.2, -0.15) is 0 Å². The number of methoxy groups -OCH3 is 1. The van der Waals surface area contributed by atoms with Crippen LogP contribution in [0.4, 0.5) is 5.69 Å². The van der Waals surface area contributed by atoms with E-state index >= 15 is 0 Å². The van der Waals surface area contributed by atoms with Crippen LogP contribution in [0.15, 0.2) is 78.9 Å². The van der Waals surface area contributed by atoms with Crippen molar-refractivity contribution in [2.24, 2.45) is 0 Å². The number of piperazine rings is 1. The first-order valence-corrected chi connectivity index (χ1v) is 11.6. The van der Waals surface area contributed by atoms with Crippen LogP contribution in [0.25, 0.3) is 0 Å². The number of carbonyl (C=O) groups excluding carboxylic acids is 2. The minimum absolute atomic E-state index is 0.120. The second kappa shape index (κ2) is 11.0. The summed E-state index contributed by atoms with van der Waals surface area (Å²) in [7, 11) is 3.66. The molecule has 0 N–H and O–H groups in total.